The van der Waals surface area contributed by atoms with E-state index in [0.717, 1.165) is 24.1 Å². The Hall–Kier alpha value is -2.67. The van der Waals surface area contributed by atoms with Crippen molar-refractivity contribution in [2.24, 2.45) is 5.92 Å². The third kappa shape index (κ3) is 4.06. The minimum absolute atomic E-state index is 0.0221. The van der Waals surface area contributed by atoms with Crippen LogP contribution < -0.4 is 14.8 Å². The molecule has 1 amide bonds. The lowest BCUT2D eigenvalue weighted by atomic mass is 9.81. The molecule has 1 aromatic carbocycles. The Bertz CT molecular complexity index is 742. The Morgan fingerprint density at radius 2 is 1.92 bits per heavy atom. The van der Waals surface area contributed by atoms with Gasteiger partial charge < -0.3 is 19.5 Å². The number of rotatable bonds is 6. The van der Waals surface area contributed by atoms with Gasteiger partial charge in [-0.3, -0.25) is 4.79 Å². The van der Waals surface area contributed by atoms with Crippen molar-refractivity contribution in [1.82, 2.24) is 9.97 Å². The van der Waals surface area contributed by atoms with Crippen molar-refractivity contribution < 1.29 is 19.0 Å². The number of carbonyl (C=O) groups is 1. The fraction of sp³-hybridized carbons (Fsp3) is 0.389. The van der Waals surface area contributed by atoms with Crippen LogP contribution >= 0.6 is 0 Å². The number of aromatic nitrogens is 2. The summed E-state index contributed by atoms with van der Waals surface area (Å²) in [7, 11) is 3.23. The summed E-state index contributed by atoms with van der Waals surface area (Å²) >= 11 is 0. The first-order valence-electron chi connectivity index (χ1n) is 8.07. The van der Waals surface area contributed by atoms with Gasteiger partial charge in [0.25, 0.3) is 0 Å². The minimum atomic E-state index is 0.0221. The highest BCUT2D eigenvalue weighted by Crippen LogP contribution is 2.31. The standard InChI is InChI=1S/C18H21N3O4/c1-11-6-13(21-17(22)12-7-14(8-12)23-2)4-5-16(11)25-18-19-9-15(24-3)10-20-18/h4-6,9-10,12,14H,7-8H2,1-3H3,(H,21,22). The molecule has 3 rings (SSSR count). The average molecular weight is 343 g/mol. The molecule has 132 valence electrons. The number of anilines is 1. The molecule has 1 aliphatic carbocycles. The number of carbonyl (C=O) groups excluding carboxylic acids is 1. The zero-order valence-corrected chi connectivity index (χ0v) is 14.5. The second-order valence-electron chi connectivity index (χ2n) is 6.00. The zero-order valence-electron chi connectivity index (χ0n) is 14.5. The van der Waals surface area contributed by atoms with Gasteiger partial charge in [-0.1, -0.05) is 0 Å². The van der Waals surface area contributed by atoms with Gasteiger partial charge in [0.15, 0.2) is 5.75 Å². The Labute approximate surface area is 146 Å². The molecule has 1 N–H and O–H groups in total. The molecule has 7 heteroatoms. The molecule has 0 atom stereocenters. The molecule has 7 nitrogen and oxygen atoms in total. The van der Waals surface area contributed by atoms with Crippen LogP contribution in [0.1, 0.15) is 18.4 Å². The number of aryl methyl sites for hydroxylation is 1. The second-order valence-corrected chi connectivity index (χ2v) is 6.00. The molecule has 1 aromatic heterocycles. The third-order valence-electron chi connectivity index (χ3n) is 4.28. The molecule has 0 saturated heterocycles. The van der Waals surface area contributed by atoms with Crippen LogP contribution in [0.3, 0.4) is 0 Å². The maximum Gasteiger partial charge on any atom is 0.322 e. The average Bonchev–Trinajstić information content (AvgIpc) is 2.57. The third-order valence-corrected chi connectivity index (χ3v) is 4.28. The summed E-state index contributed by atoms with van der Waals surface area (Å²) in [5.41, 5.74) is 1.62. The molecule has 0 bridgehead atoms. The Morgan fingerprint density at radius 3 is 2.52 bits per heavy atom. The summed E-state index contributed by atoms with van der Waals surface area (Å²) in [6, 6.07) is 5.69. The highest BCUT2D eigenvalue weighted by molar-refractivity contribution is 5.93. The van der Waals surface area contributed by atoms with E-state index in [0.29, 0.717) is 11.5 Å². The number of benzene rings is 1. The minimum Gasteiger partial charge on any atom is -0.494 e. The predicted octanol–water partition coefficient (Wildman–Crippen LogP) is 2.95. The zero-order chi connectivity index (χ0) is 17.8. The van der Waals surface area contributed by atoms with Gasteiger partial charge in [-0.05, 0) is 43.5 Å². The smallest absolute Gasteiger partial charge is 0.322 e. The number of hydrogen-bond donors (Lipinski definition) is 1. The van der Waals surface area contributed by atoms with Gasteiger partial charge >= 0.3 is 6.01 Å². The summed E-state index contributed by atoms with van der Waals surface area (Å²) in [5.74, 6) is 1.24. The number of methoxy groups -OCH3 is 2. The molecule has 0 aliphatic heterocycles. The van der Waals surface area contributed by atoms with Crippen molar-refractivity contribution in [3.63, 3.8) is 0 Å². The van der Waals surface area contributed by atoms with Gasteiger partial charge in [-0.25, -0.2) is 0 Å². The molecule has 1 saturated carbocycles. The summed E-state index contributed by atoms with van der Waals surface area (Å²) in [5, 5.41) is 2.94. The summed E-state index contributed by atoms with van der Waals surface area (Å²) in [4.78, 5) is 20.3. The van der Waals surface area contributed by atoms with Crippen LogP contribution in [0.2, 0.25) is 0 Å². The van der Waals surface area contributed by atoms with E-state index in [1.807, 2.05) is 13.0 Å². The summed E-state index contributed by atoms with van der Waals surface area (Å²) < 4.78 is 15.9. The molecule has 0 radical (unpaired) electrons. The van der Waals surface area contributed by atoms with Gasteiger partial charge in [0, 0.05) is 18.7 Å². The van der Waals surface area contributed by atoms with Gasteiger partial charge in [0.1, 0.15) is 5.75 Å². The molecule has 1 heterocycles. The van der Waals surface area contributed by atoms with Crippen LogP contribution in [-0.2, 0) is 9.53 Å². The van der Waals surface area contributed by atoms with Crippen LogP contribution in [0.25, 0.3) is 0 Å². The molecule has 25 heavy (non-hydrogen) atoms. The van der Waals surface area contributed by atoms with E-state index in [9.17, 15) is 4.79 Å². The van der Waals surface area contributed by atoms with Crippen molar-refractivity contribution in [1.29, 1.82) is 0 Å². The van der Waals surface area contributed by atoms with E-state index < -0.39 is 0 Å². The summed E-state index contributed by atoms with van der Waals surface area (Å²) in [6.45, 7) is 1.90. The largest absolute Gasteiger partial charge is 0.494 e. The quantitative estimate of drug-likeness (QED) is 0.868. The van der Waals surface area contributed by atoms with Gasteiger partial charge in [-0.15, -0.1) is 0 Å². The molecule has 2 aromatic rings. The van der Waals surface area contributed by atoms with Crippen molar-refractivity contribution in [2.75, 3.05) is 19.5 Å². The number of nitrogens with one attached hydrogen (secondary N) is 1. The fourth-order valence-electron chi connectivity index (χ4n) is 2.62. The van der Waals surface area contributed by atoms with Crippen LogP contribution in [0.5, 0.6) is 17.5 Å². The van der Waals surface area contributed by atoms with Crippen LogP contribution in [0.4, 0.5) is 5.69 Å². The molecule has 1 aliphatic rings. The van der Waals surface area contributed by atoms with E-state index >= 15 is 0 Å². The number of hydrogen-bond acceptors (Lipinski definition) is 6. The van der Waals surface area contributed by atoms with Crippen molar-refractivity contribution >= 4 is 11.6 Å². The first-order valence-corrected chi connectivity index (χ1v) is 8.07. The lowest BCUT2D eigenvalue weighted by Gasteiger charge is -2.32. The topological polar surface area (TPSA) is 82.6 Å². The highest BCUT2D eigenvalue weighted by atomic mass is 16.5. The molecular weight excluding hydrogens is 322 g/mol. The highest BCUT2D eigenvalue weighted by Gasteiger charge is 2.34. The lowest BCUT2D eigenvalue weighted by Crippen LogP contribution is -2.38. The fourth-order valence-corrected chi connectivity index (χ4v) is 2.62. The first kappa shape index (κ1) is 17.2. The SMILES string of the molecule is COc1cnc(Oc2ccc(NC(=O)C3CC(OC)C3)cc2C)nc1. The van der Waals surface area contributed by atoms with Crippen molar-refractivity contribution in [3.05, 3.63) is 36.2 Å². The Balaban J connectivity index is 1.61. The number of ether oxygens (including phenoxy) is 3. The van der Waals surface area contributed by atoms with E-state index in [-0.39, 0.29) is 23.9 Å². The van der Waals surface area contributed by atoms with Gasteiger partial charge in [0.05, 0.1) is 25.6 Å². The molecule has 0 unspecified atom stereocenters. The predicted molar refractivity (Wildman–Crippen MR) is 92.0 cm³/mol. The maximum atomic E-state index is 12.2. The van der Waals surface area contributed by atoms with E-state index in [4.69, 9.17) is 14.2 Å². The van der Waals surface area contributed by atoms with Crippen molar-refractivity contribution in [3.8, 4) is 17.5 Å². The lowest BCUT2D eigenvalue weighted by molar-refractivity contribution is -0.127. The Kier molecular flexibility index (Phi) is 5.14. The van der Waals surface area contributed by atoms with Gasteiger partial charge in [-0.2, -0.15) is 9.97 Å². The molecule has 0 spiro atoms. The van der Waals surface area contributed by atoms with Crippen LogP contribution in [0.15, 0.2) is 30.6 Å². The molecular formula is C18H21N3O4. The van der Waals surface area contributed by atoms with E-state index in [1.165, 1.54) is 12.4 Å². The first-order chi connectivity index (χ1) is 12.1. The van der Waals surface area contributed by atoms with E-state index in [1.54, 1.807) is 26.4 Å². The molecule has 1 fully saturated rings. The second kappa shape index (κ2) is 7.48. The van der Waals surface area contributed by atoms with Crippen LogP contribution in [-0.4, -0.2) is 36.2 Å². The van der Waals surface area contributed by atoms with Gasteiger partial charge in [0.2, 0.25) is 5.91 Å². The van der Waals surface area contributed by atoms with E-state index in [2.05, 4.69) is 15.3 Å². The van der Waals surface area contributed by atoms with Crippen LogP contribution in [0, 0.1) is 12.8 Å². The number of nitrogens with zero attached hydrogens (tertiary/aromatic N) is 2. The Morgan fingerprint density at radius 1 is 1.20 bits per heavy atom. The summed E-state index contributed by atoms with van der Waals surface area (Å²) in [6.07, 6.45) is 4.84. The van der Waals surface area contributed by atoms with Crippen molar-refractivity contribution in [2.45, 2.75) is 25.9 Å². The number of amides is 1. The normalized spacial score (nSPS) is 19.0. The monoisotopic (exact) mass is 343 g/mol. The maximum absolute atomic E-state index is 12.2.